The van der Waals surface area contributed by atoms with E-state index in [4.69, 9.17) is 4.52 Å². The quantitative estimate of drug-likeness (QED) is 0.450. The summed E-state index contributed by atoms with van der Waals surface area (Å²) in [4.78, 5) is 13.7. The predicted molar refractivity (Wildman–Crippen MR) is 111 cm³/mol. The Morgan fingerprint density at radius 1 is 1.21 bits per heavy atom. The molecular weight excluding hydrogens is 352 g/mol. The van der Waals surface area contributed by atoms with Crippen LogP contribution in [0.5, 0.6) is 0 Å². The molecule has 1 fully saturated rings. The second-order valence-corrected chi connectivity index (χ2v) is 7.17. The van der Waals surface area contributed by atoms with Crippen molar-refractivity contribution in [1.29, 1.82) is 0 Å². The number of benzene rings is 1. The second-order valence-electron chi connectivity index (χ2n) is 7.17. The van der Waals surface area contributed by atoms with Crippen LogP contribution in [0.4, 0.5) is 0 Å². The summed E-state index contributed by atoms with van der Waals surface area (Å²) < 4.78 is 5.16. The molecule has 0 spiro atoms. The van der Waals surface area contributed by atoms with Crippen LogP contribution in [0.1, 0.15) is 43.1 Å². The summed E-state index contributed by atoms with van der Waals surface area (Å²) in [6, 6.07) is 11.3. The highest BCUT2D eigenvalue weighted by Crippen LogP contribution is 2.25. The molecule has 1 atom stereocenters. The minimum absolute atomic E-state index is 0.496. The SMILES string of the molecule is CCC(c1ccccc1)N1CCN(C(=NC)NCCCc2nc(C)no2)CC1. The summed E-state index contributed by atoms with van der Waals surface area (Å²) in [6.07, 6.45) is 2.85. The van der Waals surface area contributed by atoms with Gasteiger partial charge >= 0.3 is 0 Å². The Labute approximate surface area is 167 Å². The molecule has 2 aromatic rings. The number of hydrogen-bond acceptors (Lipinski definition) is 5. The molecule has 152 valence electrons. The molecule has 0 radical (unpaired) electrons. The number of aryl methyl sites for hydroxylation is 2. The van der Waals surface area contributed by atoms with Crippen LogP contribution < -0.4 is 5.32 Å². The lowest BCUT2D eigenvalue weighted by atomic mass is 10.0. The Kier molecular flexibility index (Phi) is 7.42. The van der Waals surface area contributed by atoms with Crippen molar-refractivity contribution in [3.63, 3.8) is 0 Å². The van der Waals surface area contributed by atoms with Gasteiger partial charge in [0.1, 0.15) is 0 Å². The van der Waals surface area contributed by atoms with E-state index < -0.39 is 0 Å². The Bertz CT molecular complexity index is 736. The molecule has 0 aliphatic carbocycles. The first-order valence-electron chi connectivity index (χ1n) is 10.2. The van der Waals surface area contributed by atoms with E-state index in [0.717, 1.165) is 57.9 Å². The van der Waals surface area contributed by atoms with Crippen LogP contribution in [0.25, 0.3) is 0 Å². The summed E-state index contributed by atoms with van der Waals surface area (Å²) in [5.74, 6) is 2.38. The minimum Gasteiger partial charge on any atom is -0.356 e. The molecule has 7 heteroatoms. The van der Waals surface area contributed by atoms with Gasteiger partial charge in [-0.05, 0) is 25.3 Å². The Morgan fingerprint density at radius 3 is 2.57 bits per heavy atom. The average Bonchev–Trinajstić information content (AvgIpc) is 3.15. The molecule has 28 heavy (non-hydrogen) atoms. The van der Waals surface area contributed by atoms with Crippen LogP contribution in [0.3, 0.4) is 0 Å². The van der Waals surface area contributed by atoms with Gasteiger partial charge in [-0.15, -0.1) is 0 Å². The molecule has 1 N–H and O–H groups in total. The third-order valence-corrected chi connectivity index (χ3v) is 5.26. The van der Waals surface area contributed by atoms with Crippen molar-refractivity contribution in [3.05, 3.63) is 47.6 Å². The minimum atomic E-state index is 0.496. The van der Waals surface area contributed by atoms with Crippen LogP contribution in [0, 0.1) is 6.92 Å². The molecule has 1 aromatic carbocycles. The van der Waals surface area contributed by atoms with Gasteiger partial charge in [0, 0.05) is 52.2 Å². The van der Waals surface area contributed by atoms with Crippen LogP contribution in [0.15, 0.2) is 39.8 Å². The first-order valence-corrected chi connectivity index (χ1v) is 10.2. The highest BCUT2D eigenvalue weighted by atomic mass is 16.5. The molecule has 1 aliphatic rings. The molecular formula is C21H32N6O. The molecule has 2 heterocycles. The lowest BCUT2D eigenvalue weighted by Crippen LogP contribution is -2.53. The van der Waals surface area contributed by atoms with E-state index in [9.17, 15) is 0 Å². The van der Waals surface area contributed by atoms with Crippen molar-refractivity contribution in [2.24, 2.45) is 4.99 Å². The zero-order valence-electron chi connectivity index (χ0n) is 17.3. The summed E-state index contributed by atoms with van der Waals surface area (Å²) in [5.41, 5.74) is 1.41. The normalized spacial score (nSPS) is 17.0. The molecule has 1 aromatic heterocycles. The molecule has 0 amide bonds. The molecule has 0 saturated carbocycles. The second kappa shape index (κ2) is 10.2. The van der Waals surface area contributed by atoms with Crippen molar-refractivity contribution in [1.82, 2.24) is 25.3 Å². The third-order valence-electron chi connectivity index (χ3n) is 5.26. The van der Waals surface area contributed by atoms with Crippen LogP contribution in [-0.4, -0.2) is 65.7 Å². The number of aromatic nitrogens is 2. The number of rotatable bonds is 7. The standard InChI is InChI=1S/C21H32N6O/c1-4-19(18-9-6-5-7-10-18)26-13-15-27(16-14-26)21(22-3)23-12-8-11-20-24-17(2)25-28-20/h5-7,9-10,19H,4,8,11-16H2,1-3H3,(H,22,23). The van der Waals surface area contributed by atoms with Crippen molar-refractivity contribution in [2.45, 2.75) is 39.2 Å². The smallest absolute Gasteiger partial charge is 0.226 e. The zero-order chi connectivity index (χ0) is 19.8. The number of nitrogens with zero attached hydrogens (tertiary/aromatic N) is 5. The maximum absolute atomic E-state index is 5.16. The maximum Gasteiger partial charge on any atom is 0.226 e. The number of aliphatic imine (C=N–C) groups is 1. The molecule has 3 rings (SSSR count). The molecule has 1 unspecified atom stereocenters. The van der Waals surface area contributed by atoms with E-state index >= 15 is 0 Å². The van der Waals surface area contributed by atoms with Crippen LogP contribution >= 0.6 is 0 Å². The highest BCUT2D eigenvalue weighted by Gasteiger charge is 2.25. The van der Waals surface area contributed by atoms with Crippen molar-refractivity contribution < 1.29 is 4.52 Å². The lowest BCUT2D eigenvalue weighted by molar-refractivity contribution is 0.127. The first-order chi connectivity index (χ1) is 13.7. The van der Waals surface area contributed by atoms with E-state index in [0.29, 0.717) is 17.8 Å². The Balaban J connectivity index is 1.44. The van der Waals surface area contributed by atoms with Crippen LogP contribution in [0.2, 0.25) is 0 Å². The monoisotopic (exact) mass is 384 g/mol. The van der Waals surface area contributed by atoms with Gasteiger partial charge in [0.15, 0.2) is 11.8 Å². The van der Waals surface area contributed by atoms with Gasteiger partial charge in [0.05, 0.1) is 0 Å². The Morgan fingerprint density at radius 2 is 1.96 bits per heavy atom. The van der Waals surface area contributed by atoms with E-state index in [-0.39, 0.29) is 0 Å². The fourth-order valence-electron chi connectivity index (χ4n) is 3.84. The third kappa shape index (κ3) is 5.32. The van der Waals surface area contributed by atoms with E-state index in [1.165, 1.54) is 5.56 Å². The molecule has 1 aliphatic heterocycles. The lowest BCUT2D eigenvalue weighted by Gasteiger charge is -2.40. The van der Waals surface area contributed by atoms with Gasteiger partial charge in [0.2, 0.25) is 5.89 Å². The Hall–Kier alpha value is -2.41. The summed E-state index contributed by atoms with van der Waals surface area (Å²) in [6.45, 7) is 9.04. The number of nitrogens with one attached hydrogen (secondary N) is 1. The van der Waals surface area contributed by atoms with Crippen molar-refractivity contribution in [3.8, 4) is 0 Å². The molecule has 7 nitrogen and oxygen atoms in total. The number of guanidine groups is 1. The maximum atomic E-state index is 5.16. The van der Waals surface area contributed by atoms with Gasteiger partial charge < -0.3 is 14.7 Å². The van der Waals surface area contributed by atoms with E-state index in [1.807, 2.05) is 14.0 Å². The zero-order valence-corrected chi connectivity index (χ0v) is 17.3. The fraction of sp³-hybridized carbons (Fsp3) is 0.571. The van der Waals surface area contributed by atoms with Gasteiger partial charge in [-0.2, -0.15) is 4.98 Å². The van der Waals surface area contributed by atoms with E-state index in [1.54, 1.807) is 0 Å². The number of hydrogen-bond donors (Lipinski definition) is 1. The largest absolute Gasteiger partial charge is 0.356 e. The first kappa shape index (κ1) is 20.3. The predicted octanol–water partition coefficient (Wildman–Crippen LogP) is 2.65. The molecule has 1 saturated heterocycles. The summed E-state index contributed by atoms with van der Waals surface area (Å²) in [5, 5.41) is 7.30. The van der Waals surface area contributed by atoms with Gasteiger partial charge in [0.25, 0.3) is 0 Å². The fourth-order valence-corrected chi connectivity index (χ4v) is 3.84. The highest BCUT2D eigenvalue weighted by molar-refractivity contribution is 5.79. The van der Waals surface area contributed by atoms with Gasteiger partial charge in [-0.3, -0.25) is 9.89 Å². The van der Waals surface area contributed by atoms with Gasteiger partial charge in [-0.25, -0.2) is 0 Å². The van der Waals surface area contributed by atoms with E-state index in [2.05, 4.69) is 67.5 Å². The topological polar surface area (TPSA) is 69.8 Å². The van der Waals surface area contributed by atoms with Crippen molar-refractivity contribution in [2.75, 3.05) is 39.8 Å². The molecule has 0 bridgehead atoms. The summed E-state index contributed by atoms with van der Waals surface area (Å²) >= 11 is 0. The average molecular weight is 385 g/mol. The van der Waals surface area contributed by atoms with Crippen molar-refractivity contribution >= 4 is 5.96 Å². The number of piperazine rings is 1. The van der Waals surface area contributed by atoms with Gasteiger partial charge in [-0.1, -0.05) is 42.4 Å². The van der Waals surface area contributed by atoms with Crippen LogP contribution in [-0.2, 0) is 6.42 Å². The summed E-state index contributed by atoms with van der Waals surface area (Å²) in [7, 11) is 1.86.